The van der Waals surface area contributed by atoms with Crippen LogP contribution in [-0.2, 0) is 26.1 Å². The molecule has 35 heavy (non-hydrogen) atoms. The van der Waals surface area contributed by atoms with Crippen molar-refractivity contribution in [2.45, 2.75) is 46.3 Å². The maximum Gasteiger partial charge on any atom is 0.177 e. The average molecular weight is 495 g/mol. The Morgan fingerprint density at radius 3 is 2.89 bits per heavy atom. The quantitative estimate of drug-likeness (QED) is 0.420. The van der Waals surface area contributed by atoms with Gasteiger partial charge in [0.2, 0.25) is 0 Å². The minimum atomic E-state index is -0.637. The topological polar surface area (TPSA) is 79.8 Å². The lowest BCUT2D eigenvalue weighted by Gasteiger charge is -2.33. The van der Waals surface area contributed by atoms with Gasteiger partial charge in [-0.05, 0) is 48.4 Å². The number of fused-ring (bicyclic) bond motifs is 3. The molecular weight excluding hydrogens is 467 g/mol. The van der Waals surface area contributed by atoms with Crippen LogP contribution < -0.4 is 9.64 Å². The molecule has 0 fully saturated rings. The lowest BCUT2D eigenvalue weighted by atomic mass is 9.76. The normalized spacial score (nSPS) is 16.6. The number of benzene rings is 1. The molecule has 3 aromatic heterocycles. The molecule has 1 aliphatic carbocycles. The summed E-state index contributed by atoms with van der Waals surface area (Å²) in [5.74, 6) is 2.21. The first-order valence-electron chi connectivity index (χ1n) is 11.7. The number of imidazole rings is 1. The Kier molecular flexibility index (Phi) is 6.09. The monoisotopic (exact) mass is 494 g/mol. The Labute approximate surface area is 209 Å². The van der Waals surface area contributed by atoms with Gasteiger partial charge in [-0.15, -0.1) is 12.4 Å². The molecule has 0 bridgehead atoms. The summed E-state index contributed by atoms with van der Waals surface area (Å²) in [5, 5.41) is 0. The van der Waals surface area contributed by atoms with Crippen molar-refractivity contribution in [3.63, 3.8) is 0 Å². The standard InChI is InChI=1S/C26H27FN6O.ClH/c1-26(2)6-5-20-19(11-26)25(30-15-29-20)33-7-8-34-22-4-3-16(9-18(22)14-33)17-10-21-24(28-13-17)32-23(12-27)31-21;/h3-4,9-10,13,15H,5-8,11-12,14H2,1-2H3,(H,28,31,32);1H. The Balaban J connectivity index is 0.00000253. The molecule has 0 radical (unpaired) electrons. The highest BCUT2D eigenvalue weighted by Gasteiger charge is 2.30. The van der Waals surface area contributed by atoms with E-state index >= 15 is 0 Å². The highest BCUT2D eigenvalue weighted by molar-refractivity contribution is 5.85. The molecule has 0 saturated carbocycles. The van der Waals surface area contributed by atoms with Crippen molar-refractivity contribution in [3.05, 3.63) is 59.4 Å². The number of aromatic amines is 1. The van der Waals surface area contributed by atoms with Crippen molar-refractivity contribution in [1.82, 2.24) is 24.9 Å². The molecule has 4 heterocycles. The van der Waals surface area contributed by atoms with Crippen molar-refractivity contribution in [3.8, 4) is 16.9 Å². The number of aromatic nitrogens is 5. The highest BCUT2D eigenvalue weighted by Crippen LogP contribution is 2.39. The Bertz CT molecular complexity index is 1390. The Hall–Kier alpha value is -3.26. The first-order chi connectivity index (χ1) is 16.5. The number of alkyl halides is 1. The number of nitrogens with one attached hydrogen (secondary N) is 1. The SMILES string of the molecule is CC1(C)CCc2ncnc(N3CCOc4ccc(-c5cnc6nc(CF)[nH]c6c5)cc4C3)c2C1.Cl. The number of anilines is 1. The third-order valence-corrected chi connectivity index (χ3v) is 6.89. The second kappa shape index (κ2) is 9.07. The van der Waals surface area contributed by atoms with Gasteiger partial charge in [0.05, 0.1) is 12.1 Å². The van der Waals surface area contributed by atoms with Crippen molar-refractivity contribution >= 4 is 29.4 Å². The van der Waals surface area contributed by atoms with E-state index in [1.807, 2.05) is 18.2 Å². The Morgan fingerprint density at radius 1 is 1.14 bits per heavy atom. The fourth-order valence-corrected chi connectivity index (χ4v) is 5.06. The third-order valence-electron chi connectivity index (χ3n) is 6.89. The van der Waals surface area contributed by atoms with Crippen LogP contribution in [0.1, 0.15) is 42.9 Å². The average Bonchev–Trinajstić information content (AvgIpc) is 3.14. The van der Waals surface area contributed by atoms with E-state index in [4.69, 9.17) is 9.72 Å². The first-order valence-corrected chi connectivity index (χ1v) is 11.7. The number of rotatable bonds is 3. The van der Waals surface area contributed by atoms with Crippen LogP contribution in [0.4, 0.5) is 10.2 Å². The number of nitrogens with zero attached hydrogens (tertiary/aromatic N) is 5. The third kappa shape index (κ3) is 4.43. The lowest BCUT2D eigenvalue weighted by molar-refractivity contribution is 0.310. The van der Waals surface area contributed by atoms with Crippen molar-refractivity contribution in [1.29, 1.82) is 0 Å². The summed E-state index contributed by atoms with van der Waals surface area (Å²) >= 11 is 0. The van der Waals surface area contributed by atoms with Crippen LogP contribution in [0.5, 0.6) is 5.75 Å². The van der Waals surface area contributed by atoms with Gasteiger partial charge in [-0.3, -0.25) is 0 Å². The zero-order valence-electron chi connectivity index (χ0n) is 19.8. The largest absolute Gasteiger partial charge is 0.491 e. The van der Waals surface area contributed by atoms with Crippen LogP contribution in [0.2, 0.25) is 0 Å². The van der Waals surface area contributed by atoms with E-state index in [1.165, 1.54) is 11.3 Å². The minimum absolute atomic E-state index is 0. The van der Waals surface area contributed by atoms with Crippen LogP contribution in [0, 0.1) is 5.41 Å². The zero-order valence-corrected chi connectivity index (χ0v) is 20.7. The smallest absolute Gasteiger partial charge is 0.177 e. The second-order valence-corrected chi connectivity index (χ2v) is 9.97. The molecule has 1 aromatic carbocycles. The minimum Gasteiger partial charge on any atom is -0.491 e. The maximum absolute atomic E-state index is 13.0. The number of halogens is 2. The fraction of sp³-hybridized carbons (Fsp3) is 0.385. The first kappa shape index (κ1) is 23.5. The van der Waals surface area contributed by atoms with E-state index in [0.717, 1.165) is 59.6 Å². The molecule has 0 amide bonds. The molecule has 4 aromatic rings. The van der Waals surface area contributed by atoms with Gasteiger partial charge in [-0.2, -0.15) is 0 Å². The molecule has 9 heteroatoms. The number of pyridine rings is 1. The van der Waals surface area contributed by atoms with E-state index in [2.05, 4.69) is 44.7 Å². The van der Waals surface area contributed by atoms with E-state index in [9.17, 15) is 4.39 Å². The number of ether oxygens (including phenoxy) is 1. The summed E-state index contributed by atoms with van der Waals surface area (Å²) in [6, 6.07) is 8.19. The summed E-state index contributed by atoms with van der Waals surface area (Å²) in [7, 11) is 0. The summed E-state index contributed by atoms with van der Waals surface area (Å²) in [6.07, 6.45) is 6.61. The molecule has 0 unspecified atom stereocenters. The molecular formula is C26H28ClFN6O. The lowest BCUT2D eigenvalue weighted by Crippen LogP contribution is -2.31. The summed E-state index contributed by atoms with van der Waals surface area (Å²) in [4.78, 5) is 23.2. The van der Waals surface area contributed by atoms with Gasteiger partial charge in [-0.1, -0.05) is 19.9 Å². The number of H-pyrrole nitrogens is 1. The van der Waals surface area contributed by atoms with Gasteiger partial charge < -0.3 is 14.6 Å². The van der Waals surface area contributed by atoms with E-state index in [0.29, 0.717) is 24.6 Å². The molecule has 1 N–H and O–H groups in total. The highest BCUT2D eigenvalue weighted by atomic mass is 35.5. The predicted molar refractivity (Wildman–Crippen MR) is 136 cm³/mol. The number of hydrogen-bond donors (Lipinski definition) is 1. The van der Waals surface area contributed by atoms with Gasteiger partial charge >= 0.3 is 0 Å². The van der Waals surface area contributed by atoms with E-state index in [-0.39, 0.29) is 17.8 Å². The maximum atomic E-state index is 13.0. The van der Waals surface area contributed by atoms with Crippen molar-refractivity contribution in [2.24, 2.45) is 5.41 Å². The van der Waals surface area contributed by atoms with Gasteiger partial charge in [0.25, 0.3) is 0 Å². The van der Waals surface area contributed by atoms with Crippen LogP contribution >= 0.6 is 12.4 Å². The molecule has 0 spiro atoms. The van der Waals surface area contributed by atoms with Crippen LogP contribution in [0.25, 0.3) is 22.3 Å². The molecule has 0 saturated heterocycles. The molecule has 1 aliphatic heterocycles. The van der Waals surface area contributed by atoms with E-state index in [1.54, 1.807) is 12.5 Å². The second-order valence-electron chi connectivity index (χ2n) is 9.97. The van der Waals surface area contributed by atoms with Gasteiger partial charge in [0.15, 0.2) is 5.65 Å². The number of aryl methyl sites for hydroxylation is 1. The molecule has 2 aliphatic rings. The van der Waals surface area contributed by atoms with Gasteiger partial charge in [-0.25, -0.2) is 24.3 Å². The number of hydrogen-bond acceptors (Lipinski definition) is 6. The van der Waals surface area contributed by atoms with Gasteiger partial charge in [0.1, 0.15) is 37.0 Å². The molecule has 182 valence electrons. The zero-order chi connectivity index (χ0) is 23.3. The van der Waals surface area contributed by atoms with Crippen LogP contribution in [0.15, 0.2) is 36.8 Å². The summed E-state index contributed by atoms with van der Waals surface area (Å²) in [5.41, 5.74) is 7.03. The van der Waals surface area contributed by atoms with Crippen molar-refractivity contribution < 1.29 is 9.13 Å². The van der Waals surface area contributed by atoms with Gasteiger partial charge in [0, 0.05) is 35.1 Å². The van der Waals surface area contributed by atoms with E-state index < -0.39 is 6.67 Å². The van der Waals surface area contributed by atoms with Crippen LogP contribution in [0.3, 0.4) is 0 Å². The Morgan fingerprint density at radius 2 is 2.03 bits per heavy atom. The molecule has 6 rings (SSSR count). The summed E-state index contributed by atoms with van der Waals surface area (Å²) in [6.45, 7) is 6.08. The molecule has 7 nitrogen and oxygen atoms in total. The van der Waals surface area contributed by atoms with Crippen LogP contribution in [-0.4, -0.2) is 38.1 Å². The fourth-order valence-electron chi connectivity index (χ4n) is 5.06. The molecule has 0 atom stereocenters. The summed E-state index contributed by atoms with van der Waals surface area (Å²) < 4.78 is 19.1. The van der Waals surface area contributed by atoms with Crippen molar-refractivity contribution in [2.75, 3.05) is 18.1 Å². The predicted octanol–water partition coefficient (Wildman–Crippen LogP) is 5.22.